The molecule has 0 N–H and O–H groups in total. The minimum absolute atomic E-state index is 0.0930. The van der Waals surface area contributed by atoms with Crippen molar-refractivity contribution in [2.75, 3.05) is 21.3 Å². The van der Waals surface area contributed by atoms with Crippen LogP contribution in [0.5, 0.6) is 11.5 Å². The zero-order chi connectivity index (χ0) is 17.0. The first kappa shape index (κ1) is 17.3. The first-order valence-corrected chi connectivity index (χ1v) is 8.57. The van der Waals surface area contributed by atoms with Crippen LogP contribution in [0.25, 0.3) is 0 Å². The maximum absolute atomic E-state index is 12.9. The molecular weight excluding hydrogens is 314 g/mol. The highest BCUT2D eigenvalue weighted by Gasteiger charge is 2.26. The van der Waals surface area contributed by atoms with Crippen molar-refractivity contribution in [3.8, 4) is 11.5 Å². The summed E-state index contributed by atoms with van der Waals surface area (Å²) in [5, 5.41) is 0. The van der Waals surface area contributed by atoms with Crippen molar-refractivity contribution < 1.29 is 17.9 Å². The van der Waals surface area contributed by atoms with E-state index in [-0.39, 0.29) is 11.4 Å². The van der Waals surface area contributed by atoms with E-state index in [0.29, 0.717) is 11.5 Å². The van der Waals surface area contributed by atoms with Crippen LogP contribution in [0.1, 0.15) is 11.1 Å². The normalized spacial score (nSPS) is 11.5. The summed E-state index contributed by atoms with van der Waals surface area (Å²) in [6.45, 7) is 2.25. The first-order valence-electron chi connectivity index (χ1n) is 7.13. The van der Waals surface area contributed by atoms with E-state index in [1.54, 1.807) is 19.2 Å². The first-order chi connectivity index (χ1) is 10.9. The van der Waals surface area contributed by atoms with E-state index in [0.717, 1.165) is 11.1 Å². The number of ether oxygens (including phenoxy) is 2. The molecule has 0 aliphatic carbocycles. The number of aryl methyl sites for hydroxylation is 1. The minimum Gasteiger partial charge on any atom is -0.497 e. The maximum atomic E-state index is 12.9. The number of benzene rings is 2. The Hall–Kier alpha value is -2.05. The van der Waals surface area contributed by atoms with Crippen molar-refractivity contribution in [1.82, 2.24) is 4.31 Å². The SMILES string of the molecule is COc1ccc(OC)c(S(=O)(=O)N(C)Cc2ccccc2C)c1. The van der Waals surface area contributed by atoms with Crippen LogP contribution in [-0.4, -0.2) is 34.0 Å². The van der Waals surface area contributed by atoms with Crippen molar-refractivity contribution in [1.29, 1.82) is 0 Å². The van der Waals surface area contributed by atoms with Gasteiger partial charge < -0.3 is 9.47 Å². The van der Waals surface area contributed by atoms with Crippen molar-refractivity contribution in [2.45, 2.75) is 18.4 Å². The molecule has 0 saturated carbocycles. The largest absolute Gasteiger partial charge is 0.497 e. The third-order valence-corrected chi connectivity index (χ3v) is 5.54. The molecule has 2 aromatic rings. The lowest BCUT2D eigenvalue weighted by atomic mass is 10.1. The molecule has 0 fully saturated rings. The van der Waals surface area contributed by atoms with Crippen molar-refractivity contribution in [3.63, 3.8) is 0 Å². The van der Waals surface area contributed by atoms with Crippen LogP contribution in [-0.2, 0) is 16.6 Å². The molecule has 0 aliphatic rings. The Bertz CT molecular complexity index is 787. The average Bonchev–Trinajstić information content (AvgIpc) is 2.56. The molecule has 0 aliphatic heterocycles. The molecule has 6 heteroatoms. The summed E-state index contributed by atoms with van der Waals surface area (Å²) in [4.78, 5) is 0.0930. The lowest BCUT2D eigenvalue weighted by Crippen LogP contribution is -2.27. The third kappa shape index (κ3) is 3.65. The Morgan fingerprint density at radius 3 is 2.35 bits per heavy atom. The van der Waals surface area contributed by atoms with Crippen LogP contribution in [0.2, 0.25) is 0 Å². The van der Waals surface area contributed by atoms with Crippen LogP contribution in [0, 0.1) is 6.92 Å². The van der Waals surface area contributed by atoms with Gasteiger partial charge in [0, 0.05) is 19.7 Å². The summed E-state index contributed by atoms with van der Waals surface area (Å²) in [6, 6.07) is 12.4. The average molecular weight is 335 g/mol. The maximum Gasteiger partial charge on any atom is 0.246 e. The second kappa shape index (κ2) is 7.02. The standard InChI is InChI=1S/C17H21NO4S/c1-13-7-5-6-8-14(13)12-18(2)23(19,20)17-11-15(21-3)9-10-16(17)22-4/h5-11H,12H2,1-4H3. The van der Waals surface area contributed by atoms with E-state index in [2.05, 4.69) is 0 Å². The minimum atomic E-state index is -3.70. The molecular formula is C17H21NO4S. The molecule has 0 amide bonds. The van der Waals surface area contributed by atoms with E-state index < -0.39 is 10.0 Å². The summed E-state index contributed by atoms with van der Waals surface area (Å²) in [6.07, 6.45) is 0. The molecule has 2 aromatic carbocycles. The van der Waals surface area contributed by atoms with Gasteiger partial charge in [-0.05, 0) is 30.2 Å². The number of sulfonamides is 1. The molecule has 0 atom stereocenters. The molecule has 0 aromatic heterocycles. The number of hydrogen-bond donors (Lipinski definition) is 0. The molecule has 0 unspecified atom stereocenters. The molecule has 5 nitrogen and oxygen atoms in total. The van der Waals surface area contributed by atoms with Crippen LogP contribution < -0.4 is 9.47 Å². The van der Waals surface area contributed by atoms with Crippen molar-refractivity contribution in [3.05, 3.63) is 53.6 Å². The zero-order valence-electron chi connectivity index (χ0n) is 13.7. The number of methoxy groups -OCH3 is 2. The summed E-state index contributed by atoms with van der Waals surface area (Å²) in [5.41, 5.74) is 2.01. The smallest absolute Gasteiger partial charge is 0.246 e. The fraction of sp³-hybridized carbons (Fsp3) is 0.294. The Balaban J connectivity index is 2.39. The van der Waals surface area contributed by atoms with Gasteiger partial charge in [-0.25, -0.2) is 8.42 Å². The molecule has 0 spiro atoms. The highest BCUT2D eigenvalue weighted by molar-refractivity contribution is 7.89. The Morgan fingerprint density at radius 2 is 1.74 bits per heavy atom. The number of rotatable bonds is 6. The van der Waals surface area contributed by atoms with Crippen molar-refractivity contribution >= 4 is 10.0 Å². The highest BCUT2D eigenvalue weighted by atomic mass is 32.2. The van der Waals surface area contributed by atoms with Crippen molar-refractivity contribution in [2.24, 2.45) is 0 Å². The summed E-state index contributed by atoms with van der Waals surface area (Å²) >= 11 is 0. The predicted octanol–water partition coefficient (Wildman–Crippen LogP) is 2.83. The van der Waals surface area contributed by atoms with Gasteiger partial charge in [-0.3, -0.25) is 0 Å². The Kier molecular flexibility index (Phi) is 5.28. The van der Waals surface area contributed by atoms with Crippen LogP contribution in [0.3, 0.4) is 0 Å². The molecule has 124 valence electrons. The van der Waals surface area contributed by atoms with Gasteiger partial charge in [0.2, 0.25) is 10.0 Å². The van der Waals surface area contributed by atoms with E-state index in [1.165, 1.54) is 24.6 Å². The lowest BCUT2D eigenvalue weighted by molar-refractivity contribution is 0.388. The van der Waals surface area contributed by atoms with Gasteiger partial charge in [0.1, 0.15) is 16.4 Å². The molecule has 0 radical (unpaired) electrons. The molecule has 2 rings (SSSR count). The van der Waals surface area contributed by atoms with Gasteiger partial charge in [0.15, 0.2) is 0 Å². The zero-order valence-corrected chi connectivity index (χ0v) is 14.6. The fourth-order valence-electron chi connectivity index (χ4n) is 2.27. The van der Waals surface area contributed by atoms with Crippen LogP contribution >= 0.6 is 0 Å². The van der Waals surface area contributed by atoms with Gasteiger partial charge in [-0.2, -0.15) is 4.31 Å². The van der Waals surface area contributed by atoms with E-state index in [4.69, 9.17) is 9.47 Å². The number of nitrogens with zero attached hydrogens (tertiary/aromatic N) is 1. The Labute approximate surface area is 137 Å². The molecule has 23 heavy (non-hydrogen) atoms. The summed E-state index contributed by atoms with van der Waals surface area (Å²) in [5.74, 6) is 0.760. The third-order valence-electron chi connectivity index (χ3n) is 3.71. The topological polar surface area (TPSA) is 55.8 Å². The van der Waals surface area contributed by atoms with Gasteiger partial charge >= 0.3 is 0 Å². The Morgan fingerprint density at radius 1 is 1.04 bits per heavy atom. The van der Waals surface area contributed by atoms with Gasteiger partial charge in [-0.1, -0.05) is 24.3 Å². The summed E-state index contributed by atoms with van der Waals surface area (Å²) in [7, 11) is 0.797. The van der Waals surface area contributed by atoms with Gasteiger partial charge in [0.05, 0.1) is 14.2 Å². The predicted molar refractivity (Wildman–Crippen MR) is 89.4 cm³/mol. The summed E-state index contributed by atoms with van der Waals surface area (Å²) < 4.78 is 37.4. The molecule has 0 saturated heterocycles. The van der Waals surface area contributed by atoms with E-state index >= 15 is 0 Å². The van der Waals surface area contributed by atoms with E-state index in [9.17, 15) is 8.42 Å². The second-order valence-corrected chi connectivity index (χ2v) is 7.22. The fourth-order valence-corrected chi connectivity index (χ4v) is 3.58. The lowest BCUT2D eigenvalue weighted by Gasteiger charge is -2.20. The monoisotopic (exact) mass is 335 g/mol. The second-order valence-electron chi connectivity index (χ2n) is 5.20. The van der Waals surface area contributed by atoms with E-state index in [1.807, 2.05) is 31.2 Å². The van der Waals surface area contributed by atoms with Gasteiger partial charge in [-0.15, -0.1) is 0 Å². The highest BCUT2D eigenvalue weighted by Crippen LogP contribution is 2.30. The van der Waals surface area contributed by atoms with Crippen LogP contribution in [0.15, 0.2) is 47.4 Å². The van der Waals surface area contributed by atoms with Crippen LogP contribution in [0.4, 0.5) is 0 Å². The number of hydrogen-bond acceptors (Lipinski definition) is 4. The van der Waals surface area contributed by atoms with Gasteiger partial charge in [0.25, 0.3) is 0 Å². The molecule has 0 bridgehead atoms. The quantitative estimate of drug-likeness (QED) is 0.814. The molecule has 0 heterocycles.